The third kappa shape index (κ3) is 3.63. The van der Waals surface area contributed by atoms with Crippen LogP contribution in [0.4, 0.5) is 4.39 Å². The number of hydrogen-bond acceptors (Lipinski definition) is 4. The van der Waals surface area contributed by atoms with Crippen LogP contribution < -0.4 is 5.32 Å². The fourth-order valence-corrected chi connectivity index (χ4v) is 2.64. The quantitative estimate of drug-likeness (QED) is 0.874. The van der Waals surface area contributed by atoms with Crippen molar-refractivity contribution >= 4 is 5.91 Å². The first kappa shape index (κ1) is 16.9. The molecule has 22 heavy (non-hydrogen) atoms. The Balaban J connectivity index is 2.34. The molecule has 0 aliphatic carbocycles. The minimum absolute atomic E-state index is 0.107. The maximum Gasteiger partial charge on any atom is 0.219 e. The summed E-state index contributed by atoms with van der Waals surface area (Å²) in [4.78, 5) is 12.9. The van der Waals surface area contributed by atoms with Gasteiger partial charge in [0.1, 0.15) is 17.5 Å². The number of ether oxygens (including phenoxy) is 1. The van der Waals surface area contributed by atoms with Crippen LogP contribution in [-0.2, 0) is 9.53 Å². The first-order valence-corrected chi connectivity index (χ1v) is 7.36. The molecule has 2 N–H and O–H groups in total. The van der Waals surface area contributed by atoms with Gasteiger partial charge < -0.3 is 20.1 Å². The fourth-order valence-electron chi connectivity index (χ4n) is 2.64. The Bertz CT molecular complexity index is 552. The van der Waals surface area contributed by atoms with E-state index in [2.05, 4.69) is 5.32 Å². The second-order valence-electron chi connectivity index (χ2n) is 5.91. The van der Waals surface area contributed by atoms with Gasteiger partial charge >= 0.3 is 0 Å². The van der Waals surface area contributed by atoms with Crippen molar-refractivity contribution in [3.63, 3.8) is 0 Å². The molecule has 1 aromatic carbocycles. The number of aryl methyl sites for hydroxylation is 1. The van der Waals surface area contributed by atoms with Crippen molar-refractivity contribution in [1.29, 1.82) is 0 Å². The molecule has 0 radical (unpaired) electrons. The maximum atomic E-state index is 13.9. The first-order chi connectivity index (χ1) is 10.3. The van der Waals surface area contributed by atoms with Gasteiger partial charge in [-0.05, 0) is 24.1 Å². The summed E-state index contributed by atoms with van der Waals surface area (Å²) in [5.41, 5.74) is -0.204. The summed E-state index contributed by atoms with van der Waals surface area (Å²) in [6.07, 6.45) is -0.695. The van der Waals surface area contributed by atoms with Gasteiger partial charge in [0.15, 0.2) is 0 Å². The van der Waals surface area contributed by atoms with Crippen LogP contribution in [0.5, 0.6) is 0 Å². The normalized spacial score (nSPS) is 25.6. The summed E-state index contributed by atoms with van der Waals surface area (Å²) >= 11 is 0. The molecule has 1 aliphatic rings. The molecule has 1 saturated heterocycles. The van der Waals surface area contributed by atoms with Crippen molar-refractivity contribution in [3.8, 4) is 0 Å². The van der Waals surface area contributed by atoms with E-state index >= 15 is 0 Å². The molecule has 0 spiro atoms. The molecule has 5 nitrogen and oxygen atoms in total. The topological polar surface area (TPSA) is 61.8 Å². The monoisotopic (exact) mass is 310 g/mol. The van der Waals surface area contributed by atoms with E-state index in [9.17, 15) is 14.3 Å². The lowest BCUT2D eigenvalue weighted by Crippen LogP contribution is -2.52. The van der Waals surface area contributed by atoms with Crippen molar-refractivity contribution in [1.82, 2.24) is 10.2 Å². The molecule has 2 atom stereocenters. The summed E-state index contributed by atoms with van der Waals surface area (Å²) < 4.78 is 19.6. The van der Waals surface area contributed by atoms with Crippen LogP contribution in [0, 0.1) is 12.7 Å². The van der Waals surface area contributed by atoms with Crippen LogP contribution in [-0.4, -0.2) is 54.8 Å². The average Bonchev–Trinajstić information content (AvgIpc) is 2.63. The van der Waals surface area contributed by atoms with E-state index in [4.69, 9.17) is 4.74 Å². The molecule has 0 saturated carbocycles. The number of nitrogens with zero attached hydrogens (tertiary/aromatic N) is 1. The SMILES string of the molecule is CC(=O)N(C)CC1(O)CNCCOC1c1ccc(C)c(F)c1. The molecule has 1 heterocycles. The highest BCUT2D eigenvalue weighted by molar-refractivity contribution is 5.72. The van der Waals surface area contributed by atoms with Crippen molar-refractivity contribution in [3.05, 3.63) is 35.1 Å². The number of carbonyl (C=O) groups is 1. The number of benzene rings is 1. The lowest BCUT2D eigenvalue weighted by molar-refractivity contribution is -0.138. The van der Waals surface area contributed by atoms with Gasteiger partial charge in [-0.25, -0.2) is 4.39 Å². The van der Waals surface area contributed by atoms with E-state index in [0.717, 1.165) is 0 Å². The Labute approximate surface area is 130 Å². The molecule has 0 bridgehead atoms. The number of halogens is 1. The fraction of sp³-hybridized carbons (Fsp3) is 0.562. The van der Waals surface area contributed by atoms with Gasteiger partial charge in [0.25, 0.3) is 0 Å². The van der Waals surface area contributed by atoms with Gasteiger partial charge in [0, 0.05) is 27.1 Å². The summed E-state index contributed by atoms with van der Waals surface area (Å²) in [5, 5.41) is 14.1. The Hall–Kier alpha value is -1.50. The molecule has 1 aromatic rings. The van der Waals surface area contributed by atoms with E-state index in [1.54, 1.807) is 26.1 Å². The van der Waals surface area contributed by atoms with E-state index in [-0.39, 0.29) is 24.8 Å². The largest absolute Gasteiger partial charge is 0.384 e. The van der Waals surface area contributed by atoms with Crippen LogP contribution in [0.1, 0.15) is 24.2 Å². The highest BCUT2D eigenvalue weighted by atomic mass is 19.1. The second-order valence-corrected chi connectivity index (χ2v) is 5.91. The smallest absolute Gasteiger partial charge is 0.219 e. The van der Waals surface area contributed by atoms with Crippen molar-refractivity contribution in [2.24, 2.45) is 0 Å². The molecule has 2 rings (SSSR count). The van der Waals surface area contributed by atoms with Crippen molar-refractivity contribution < 1.29 is 19.0 Å². The number of likely N-dealkylation sites (N-methyl/N-ethyl adjacent to an activating group) is 1. The minimum Gasteiger partial charge on any atom is -0.384 e. The van der Waals surface area contributed by atoms with Crippen LogP contribution >= 0.6 is 0 Å². The van der Waals surface area contributed by atoms with E-state index < -0.39 is 11.7 Å². The average molecular weight is 310 g/mol. The lowest BCUT2D eigenvalue weighted by Gasteiger charge is -2.37. The molecule has 0 aromatic heterocycles. The van der Waals surface area contributed by atoms with Gasteiger partial charge in [-0.1, -0.05) is 12.1 Å². The molecule has 1 amide bonds. The summed E-state index contributed by atoms with van der Waals surface area (Å²) in [6.45, 7) is 4.50. The summed E-state index contributed by atoms with van der Waals surface area (Å²) in [6, 6.07) is 4.82. The lowest BCUT2D eigenvalue weighted by atomic mass is 9.89. The van der Waals surface area contributed by atoms with E-state index in [1.807, 2.05) is 0 Å². The number of carbonyl (C=O) groups excluding carboxylic acids is 1. The molecule has 1 fully saturated rings. The number of nitrogens with one attached hydrogen (secondary N) is 1. The van der Waals surface area contributed by atoms with E-state index in [1.165, 1.54) is 17.9 Å². The zero-order chi connectivity index (χ0) is 16.3. The van der Waals surface area contributed by atoms with Gasteiger partial charge in [-0.2, -0.15) is 0 Å². The number of rotatable bonds is 3. The van der Waals surface area contributed by atoms with Gasteiger partial charge in [0.2, 0.25) is 5.91 Å². The van der Waals surface area contributed by atoms with Gasteiger partial charge in [0.05, 0.1) is 13.2 Å². The predicted octanol–water partition coefficient (Wildman–Crippen LogP) is 1.00. The van der Waals surface area contributed by atoms with E-state index in [0.29, 0.717) is 24.3 Å². The summed E-state index contributed by atoms with van der Waals surface area (Å²) in [5.74, 6) is -0.480. The van der Waals surface area contributed by atoms with Gasteiger partial charge in [-0.3, -0.25) is 4.79 Å². The number of β-amino-alcohol motifs (C(OH)–C–C–N with tert-alkyl or cyclic N) is 1. The minimum atomic E-state index is -1.32. The zero-order valence-electron chi connectivity index (χ0n) is 13.2. The Morgan fingerprint density at radius 2 is 2.32 bits per heavy atom. The first-order valence-electron chi connectivity index (χ1n) is 7.36. The van der Waals surface area contributed by atoms with Crippen LogP contribution in [0.25, 0.3) is 0 Å². The number of aliphatic hydroxyl groups is 1. The van der Waals surface area contributed by atoms with Crippen LogP contribution in [0.2, 0.25) is 0 Å². The number of hydrogen-bond donors (Lipinski definition) is 2. The summed E-state index contributed by atoms with van der Waals surface area (Å²) in [7, 11) is 1.62. The molecular weight excluding hydrogens is 287 g/mol. The molecule has 1 aliphatic heterocycles. The van der Waals surface area contributed by atoms with Gasteiger partial charge in [-0.15, -0.1) is 0 Å². The van der Waals surface area contributed by atoms with Crippen molar-refractivity contribution in [2.45, 2.75) is 25.6 Å². The standard InChI is InChI=1S/C16H23FN2O3/c1-11-4-5-13(8-14(11)17)15-16(21,9-18-6-7-22-15)10-19(3)12(2)20/h4-5,8,15,18,21H,6-7,9-10H2,1-3H3. The Morgan fingerprint density at radius 1 is 1.59 bits per heavy atom. The second kappa shape index (κ2) is 6.73. The highest BCUT2D eigenvalue weighted by Gasteiger charge is 2.41. The Morgan fingerprint density at radius 3 is 2.95 bits per heavy atom. The van der Waals surface area contributed by atoms with Crippen molar-refractivity contribution in [2.75, 3.05) is 33.3 Å². The molecule has 6 heteroatoms. The number of amides is 1. The third-order valence-electron chi connectivity index (χ3n) is 4.03. The van der Waals surface area contributed by atoms with Crippen LogP contribution in [0.15, 0.2) is 18.2 Å². The van der Waals surface area contributed by atoms with Crippen LogP contribution in [0.3, 0.4) is 0 Å². The predicted molar refractivity (Wildman–Crippen MR) is 81.0 cm³/mol. The Kier molecular flexibility index (Phi) is 5.16. The third-order valence-corrected chi connectivity index (χ3v) is 4.03. The highest BCUT2D eigenvalue weighted by Crippen LogP contribution is 2.32. The molecule has 122 valence electrons. The molecule has 2 unspecified atom stereocenters. The molecular formula is C16H23FN2O3. The maximum absolute atomic E-state index is 13.9. The zero-order valence-corrected chi connectivity index (χ0v) is 13.2.